The van der Waals surface area contributed by atoms with Gasteiger partial charge in [0.05, 0.1) is 17.5 Å². The summed E-state index contributed by atoms with van der Waals surface area (Å²) in [6.45, 7) is 0.377. The zero-order valence-electron chi connectivity index (χ0n) is 12.7. The summed E-state index contributed by atoms with van der Waals surface area (Å²) in [6.07, 6.45) is 4.75. The van der Waals surface area contributed by atoms with Crippen LogP contribution in [-0.4, -0.2) is 16.8 Å². The molecule has 0 fully saturated rings. The Hall–Kier alpha value is -3.41. The third-order valence-electron chi connectivity index (χ3n) is 3.37. The van der Waals surface area contributed by atoms with E-state index in [9.17, 15) is 9.59 Å². The van der Waals surface area contributed by atoms with Crippen LogP contribution in [0.15, 0.2) is 71.6 Å². The third-order valence-corrected chi connectivity index (χ3v) is 3.37. The molecule has 0 atom stereocenters. The maximum Gasteiger partial charge on any atom is 0.291 e. The van der Waals surface area contributed by atoms with Crippen molar-refractivity contribution in [1.82, 2.24) is 10.3 Å². The summed E-state index contributed by atoms with van der Waals surface area (Å²) in [5.74, 6) is -0.501. The van der Waals surface area contributed by atoms with Gasteiger partial charge < -0.3 is 15.1 Å². The summed E-state index contributed by atoms with van der Waals surface area (Å²) in [5.41, 5.74) is 1.74. The van der Waals surface area contributed by atoms with Crippen molar-refractivity contribution >= 4 is 17.5 Å². The van der Waals surface area contributed by atoms with Crippen molar-refractivity contribution in [2.75, 3.05) is 5.32 Å². The number of pyridine rings is 1. The van der Waals surface area contributed by atoms with E-state index in [-0.39, 0.29) is 11.7 Å². The molecule has 0 aliphatic rings. The van der Waals surface area contributed by atoms with Gasteiger partial charge >= 0.3 is 0 Å². The van der Waals surface area contributed by atoms with E-state index >= 15 is 0 Å². The van der Waals surface area contributed by atoms with Crippen LogP contribution < -0.4 is 10.6 Å². The smallest absolute Gasteiger partial charge is 0.291 e. The Labute approximate surface area is 138 Å². The van der Waals surface area contributed by atoms with Crippen LogP contribution in [0.3, 0.4) is 0 Å². The molecule has 2 aromatic heterocycles. The fraction of sp³-hybridized carbons (Fsp3) is 0.0556. The van der Waals surface area contributed by atoms with Gasteiger partial charge in [0.1, 0.15) is 0 Å². The molecule has 0 bridgehead atoms. The number of hydrogen-bond donors (Lipinski definition) is 2. The number of amides is 2. The second-order valence-electron chi connectivity index (χ2n) is 5.02. The maximum atomic E-state index is 12.4. The molecular weight excluding hydrogens is 306 g/mol. The Morgan fingerprint density at radius 2 is 1.75 bits per heavy atom. The number of para-hydroxylation sites is 1. The lowest BCUT2D eigenvalue weighted by Crippen LogP contribution is -2.24. The molecule has 1 aromatic carbocycles. The number of carbonyl (C=O) groups excluding carboxylic acids is 2. The molecule has 6 nitrogen and oxygen atoms in total. The van der Waals surface area contributed by atoms with Gasteiger partial charge in [0.25, 0.3) is 11.8 Å². The average Bonchev–Trinajstić information content (AvgIpc) is 3.16. The van der Waals surface area contributed by atoms with Gasteiger partial charge in [0.2, 0.25) is 0 Å². The largest absolute Gasteiger partial charge is 0.459 e. The normalized spacial score (nSPS) is 10.2. The summed E-state index contributed by atoms with van der Waals surface area (Å²) in [4.78, 5) is 28.4. The van der Waals surface area contributed by atoms with Crippen molar-refractivity contribution in [3.8, 4) is 0 Å². The van der Waals surface area contributed by atoms with Gasteiger partial charge in [0, 0.05) is 18.9 Å². The van der Waals surface area contributed by atoms with Crippen molar-refractivity contribution in [1.29, 1.82) is 0 Å². The first kappa shape index (κ1) is 15.5. The van der Waals surface area contributed by atoms with Crippen molar-refractivity contribution in [2.24, 2.45) is 0 Å². The molecule has 6 heteroatoms. The highest BCUT2D eigenvalue weighted by Crippen LogP contribution is 2.16. The zero-order chi connectivity index (χ0) is 16.8. The number of nitrogens with zero attached hydrogens (tertiary/aromatic N) is 1. The van der Waals surface area contributed by atoms with Crippen LogP contribution in [0.2, 0.25) is 0 Å². The minimum Gasteiger partial charge on any atom is -0.459 e. The summed E-state index contributed by atoms with van der Waals surface area (Å²) < 4.78 is 5.05. The average molecular weight is 321 g/mol. The summed E-state index contributed by atoms with van der Waals surface area (Å²) in [5, 5.41) is 5.51. The van der Waals surface area contributed by atoms with E-state index in [0.717, 1.165) is 5.56 Å². The minimum absolute atomic E-state index is 0.182. The molecule has 2 N–H and O–H groups in total. The molecular formula is C18H15N3O3. The van der Waals surface area contributed by atoms with Crippen LogP contribution in [0.25, 0.3) is 0 Å². The van der Waals surface area contributed by atoms with Crippen molar-refractivity contribution in [2.45, 2.75) is 6.54 Å². The molecule has 0 unspecified atom stereocenters. The SMILES string of the molecule is O=C(Nc1ccccc1C(=O)NCc1ccncc1)c1ccco1. The molecule has 3 aromatic rings. The monoisotopic (exact) mass is 321 g/mol. The lowest BCUT2D eigenvalue weighted by atomic mass is 10.1. The molecule has 120 valence electrons. The lowest BCUT2D eigenvalue weighted by molar-refractivity contribution is 0.0952. The Bertz CT molecular complexity index is 830. The zero-order valence-corrected chi connectivity index (χ0v) is 12.7. The van der Waals surface area contributed by atoms with Crippen LogP contribution in [0.4, 0.5) is 5.69 Å². The third kappa shape index (κ3) is 3.67. The number of anilines is 1. The van der Waals surface area contributed by atoms with E-state index in [1.165, 1.54) is 6.26 Å². The van der Waals surface area contributed by atoms with Gasteiger partial charge in [-0.2, -0.15) is 0 Å². The van der Waals surface area contributed by atoms with E-state index < -0.39 is 5.91 Å². The molecule has 2 heterocycles. The molecule has 3 rings (SSSR count). The topological polar surface area (TPSA) is 84.2 Å². The van der Waals surface area contributed by atoms with E-state index in [2.05, 4.69) is 15.6 Å². The fourth-order valence-electron chi connectivity index (χ4n) is 2.16. The number of furan rings is 1. The highest BCUT2D eigenvalue weighted by molar-refractivity contribution is 6.07. The molecule has 0 saturated carbocycles. The Morgan fingerprint density at radius 1 is 0.958 bits per heavy atom. The van der Waals surface area contributed by atoms with Crippen LogP contribution in [-0.2, 0) is 6.54 Å². The van der Waals surface area contributed by atoms with Crippen LogP contribution in [0.5, 0.6) is 0 Å². The van der Waals surface area contributed by atoms with Gasteiger partial charge in [-0.3, -0.25) is 14.6 Å². The Kier molecular flexibility index (Phi) is 4.67. The highest BCUT2D eigenvalue weighted by Gasteiger charge is 2.15. The van der Waals surface area contributed by atoms with Gasteiger partial charge in [-0.1, -0.05) is 12.1 Å². The predicted molar refractivity (Wildman–Crippen MR) is 88.5 cm³/mol. The number of carbonyl (C=O) groups is 2. The standard InChI is InChI=1S/C18H15N3O3/c22-17(20-12-13-7-9-19-10-8-13)14-4-1-2-5-15(14)21-18(23)16-6-3-11-24-16/h1-11H,12H2,(H,20,22)(H,21,23). The number of rotatable bonds is 5. The minimum atomic E-state index is -0.408. The highest BCUT2D eigenvalue weighted by atomic mass is 16.3. The molecule has 24 heavy (non-hydrogen) atoms. The molecule has 0 radical (unpaired) electrons. The fourth-order valence-corrected chi connectivity index (χ4v) is 2.16. The Morgan fingerprint density at radius 3 is 2.50 bits per heavy atom. The first-order chi connectivity index (χ1) is 11.7. The Balaban J connectivity index is 1.71. The van der Waals surface area contributed by atoms with E-state index in [0.29, 0.717) is 17.8 Å². The summed E-state index contributed by atoms with van der Waals surface area (Å²) >= 11 is 0. The van der Waals surface area contributed by atoms with Gasteiger partial charge in [-0.05, 0) is 42.0 Å². The predicted octanol–water partition coefficient (Wildman–Crippen LogP) is 2.86. The summed E-state index contributed by atoms with van der Waals surface area (Å²) in [6, 6.07) is 13.6. The van der Waals surface area contributed by atoms with Gasteiger partial charge in [0.15, 0.2) is 5.76 Å². The van der Waals surface area contributed by atoms with Crippen LogP contribution in [0.1, 0.15) is 26.5 Å². The van der Waals surface area contributed by atoms with E-state index in [1.54, 1.807) is 48.8 Å². The van der Waals surface area contributed by atoms with E-state index in [1.807, 2.05) is 12.1 Å². The number of nitrogens with one attached hydrogen (secondary N) is 2. The molecule has 0 saturated heterocycles. The molecule has 0 aliphatic heterocycles. The number of benzene rings is 1. The van der Waals surface area contributed by atoms with Crippen molar-refractivity contribution in [3.05, 3.63) is 84.1 Å². The molecule has 2 amide bonds. The maximum absolute atomic E-state index is 12.4. The van der Waals surface area contributed by atoms with Crippen molar-refractivity contribution in [3.63, 3.8) is 0 Å². The van der Waals surface area contributed by atoms with E-state index in [4.69, 9.17) is 4.42 Å². The van der Waals surface area contributed by atoms with Gasteiger partial charge in [-0.15, -0.1) is 0 Å². The second kappa shape index (κ2) is 7.23. The summed E-state index contributed by atoms with van der Waals surface area (Å²) in [7, 11) is 0. The quantitative estimate of drug-likeness (QED) is 0.757. The number of aromatic nitrogens is 1. The molecule has 0 aliphatic carbocycles. The van der Waals surface area contributed by atoms with Crippen LogP contribution >= 0.6 is 0 Å². The lowest BCUT2D eigenvalue weighted by Gasteiger charge is -2.10. The van der Waals surface area contributed by atoms with Gasteiger partial charge in [-0.25, -0.2) is 0 Å². The molecule has 0 spiro atoms. The first-order valence-corrected chi connectivity index (χ1v) is 7.35. The second-order valence-corrected chi connectivity index (χ2v) is 5.02. The van der Waals surface area contributed by atoms with Crippen LogP contribution in [0, 0.1) is 0 Å². The van der Waals surface area contributed by atoms with Crippen molar-refractivity contribution < 1.29 is 14.0 Å². The first-order valence-electron chi connectivity index (χ1n) is 7.35. The number of hydrogen-bond acceptors (Lipinski definition) is 4.